The van der Waals surface area contributed by atoms with Crippen LogP contribution in [-0.2, 0) is 0 Å². The molecule has 0 aliphatic carbocycles. The Morgan fingerprint density at radius 3 is 2.64 bits per heavy atom. The summed E-state index contributed by atoms with van der Waals surface area (Å²) in [5, 5.41) is 8.46. The summed E-state index contributed by atoms with van der Waals surface area (Å²) >= 11 is 0. The third-order valence-electron chi connectivity index (χ3n) is 3.16. The third kappa shape index (κ3) is 2.97. The van der Waals surface area contributed by atoms with Gasteiger partial charge in [-0.1, -0.05) is 0 Å². The van der Waals surface area contributed by atoms with Crippen LogP contribution < -0.4 is 0 Å². The van der Waals surface area contributed by atoms with Crippen LogP contribution in [0.25, 0.3) is 0 Å². The van der Waals surface area contributed by atoms with Crippen LogP contribution in [0.15, 0.2) is 0 Å². The summed E-state index contributed by atoms with van der Waals surface area (Å²) in [6.07, 6.45) is 1.70. The molecule has 0 aromatic carbocycles. The van der Waals surface area contributed by atoms with Crippen LogP contribution in [0.2, 0.25) is 0 Å². The molecule has 0 aromatic rings. The second kappa shape index (κ2) is 4.77. The fourth-order valence-corrected chi connectivity index (χ4v) is 1.91. The molecule has 3 nitrogen and oxygen atoms in total. The molecular weight excluding hydrogens is 174 g/mol. The molecule has 1 fully saturated rings. The van der Waals surface area contributed by atoms with Crippen molar-refractivity contribution in [2.45, 2.75) is 32.2 Å². The molecule has 1 aliphatic rings. The van der Waals surface area contributed by atoms with E-state index in [-0.39, 0.29) is 5.54 Å². The molecule has 0 bridgehead atoms. The van der Waals surface area contributed by atoms with E-state index < -0.39 is 0 Å². The van der Waals surface area contributed by atoms with E-state index in [1.54, 1.807) is 0 Å². The van der Waals surface area contributed by atoms with E-state index in [2.05, 4.69) is 36.8 Å². The fourth-order valence-electron chi connectivity index (χ4n) is 1.91. The van der Waals surface area contributed by atoms with Gasteiger partial charge < -0.3 is 4.90 Å². The van der Waals surface area contributed by atoms with Crippen molar-refractivity contribution < 1.29 is 0 Å². The van der Waals surface area contributed by atoms with Crippen LogP contribution in [0.4, 0.5) is 0 Å². The quantitative estimate of drug-likeness (QED) is 0.636. The summed E-state index contributed by atoms with van der Waals surface area (Å²) in [7, 11) is 2.19. The molecule has 1 rings (SSSR count). The molecule has 0 amide bonds. The summed E-state index contributed by atoms with van der Waals surface area (Å²) in [6, 6.07) is 2.20. The molecule has 1 aliphatic heterocycles. The smallest absolute Gasteiger partial charge is 0.0622 e. The van der Waals surface area contributed by atoms with Gasteiger partial charge in [0.1, 0.15) is 0 Å². The van der Waals surface area contributed by atoms with Crippen molar-refractivity contribution in [3.63, 3.8) is 0 Å². The summed E-state index contributed by atoms with van der Waals surface area (Å²) in [5.74, 6) is 0. The summed E-state index contributed by atoms with van der Waals surface area (Å²) < 4.78 is 0. The Labute approximate surface area is 87.3 Å². The molecule has 14 heavy (non-hydrogen) atoms. The normalized spacial score (nSPS) is 23.3. The summed E-state index contributed by atoms with van der Waals surface area (Å²) in [6.45, 7) is 9.04. The SMILES string of the molecule is CN1CCN(CCCC#N)CC1(C)C. The molecule has 1 saturated heterocycles. The Balaban J connectivity index is 2.33. The number of piperazine rings is 1. The van der Waals surface area contributed by atoms with Crippen molar-refractivity contribution >= 4 is 0 Å². The standard InChI is InChI=1S/C11H21N3/c1-11(2)10-14(7-5-4-6-12)9-8-13(11)3/h4-5,7-10H2,1-3H3. The minimum atomic E-state index is 0.283. The van der Waals surface area contributed by atoms with Gasteiger partial charge in [-0.15, -0.1) is 0 Å². The monoisotopic (exact) mass is 195 g/mol. The fraction of sp³-hybridized carbons (Fsp3) is 0.909. The van der Waals surface area contributed by atoms with E-state index in [1.165, 1.54) is 0 Å². The van der Waals surface area contributed by atoms with Crippen molar-refractivity contribution in [3.8, 4) is 6.07 Å². The topological polar surface area (TPSA) is 30.3 Å². The average Bonchev–Trinajstić information content (AvgIpc) is 2.11. The van der Waals surface area contributed by atoms with Gasteiger partial charge in [-0.3, -0.25) is 4.90 Å². The van der Waals surface area contributed by atoms with Gasteiger partial charge in [-0.2, -0.15) is 5.26 Å². The van der Waals surface area contributed by atoms with Crippen LogP contribution in [0.3, 0.4) is 0 Å². The van der Waals surface area contributed by atoms with Crippen molar-refractivity contribution in [3.05, 3.63) is 0 Å². The first-order chi connectivity index (χ1) is 6.56. The highest BCUT2D eigenvalue weighted by atomic mass is 15.3. The van der Waals surface area contributed by atoms with Crippen LogP contribution in [0.1, 0.15) is 26.7 Å². The Morgan fingerprint density at radius 2 is 2.07 bits per heavy atom. The molecule has 0 radical (unpaired) electrons. The largest absolute Gasteiger partial charge is 0.300 e. The molecular formula is C11H21N3. The third-order valence-corrected chi connectivity index (χ3v) is 3.16. The number of rotatable bonds is 3. The average molecular weight is 195 g/mol. The first-order valence-corrected chi connectivity index (χ1v) is 5.37. The minimum Gasteiger partial charge on any atom is -0.300 e. The number of unbranched alkanes of at least 4 members (excludes halogenated alkanes) is 1. The van der Waals surface area contributed by atoms with Gasteiger partial charge in [0.15, 0.2) is 0 Å². The molecule has 0 unspecified atom stereocenters. The van der Waals surface area contributed by atoms with Gasteiger partial charge in [0.25, 0.3) is 0 Å². The Hall–Kier alpha value is -0.590. The molecule has 3 heteroatoms. The predicted octanol–water partition coefficient (Wildman–Crippen LogP) is 1.32. The second-order valence-electron chi connectivity index (χ2n) is 4.77. The van der Waals surface area contributed by atoms with Crippen molar-refractivity contribution in [1.82, 2.24) is 9.80 Å². The van der Waals surface area contributed by atoms with Crippen molar-refractivity contribution in [2.24, 2.45) is 0 Å². The van der Waals surface area contributed by atoms with Gasteiger partial charge in [0.2, 0.25) is 0 Å². The predicted molar refractivity (Wildman–Crippen MR) is 58.0 cm³/mol. The maximum Gasteiger partial charge on any atom is 0.0622 e. The molecule has 0 atom stereocenters. The zero-order valence-electron chi connectivity index (χ0n) is 9.58. The first kappa shape index (κ1) is 11.5. The van der Waals surface area contributed by atoms with Crippen LogP contribution in [0, 0.1) is 11.3 Å². The first-order valence-electron chi connectivity index (χ1n) is 5.37. The lowest BCUT2D eigenvalue weighted by Crippen LogP contribution is -2.57. The zero-order valence-corrected chi connectivity index (χ0v) is 9.58. The molecule has 0 spiro atoms. The van der Waals surface area contributed by atoms with E-state index >= 15 is 0 Å². The molecule has 0 aromatic heterocycles. The molecule has 80 valence electrons. The number of hydrogen-bond donors (Lipinski definition) is 0. The van der Waals surface area contributed by atoms with Gasteiger partial charge in [0.05, 0.1) is 6.07 Å². The van der Waals surface area contributed by atoms with Crippen LogP contribution >= 0.6 is 0 Å². The van der Waals surface area contributed by atoms with E-state index in [0.29, 0.717) is 6.42 Å². The Bertz CT molecular complexity index is 217. The second-order valence-corrected chi connectivity index (χ2v) is 4.77. The minimum absolute atomic E-state index is 0.283. The highest BCUT2D eigenvalue weighted by Gasteiger charge is 2.30. The lowest BCUT2D eigenvalue weighted by molar-refractivity contribution is 0.0398. The van der Waals surface area contributed by atoms with Crippen LogP contribution in [0.5, 0.6) is 0 Å². The van der Waals surface area contributed by atoms with Gasteiger partial charge >= 0.3 is 0 Å². The number of likely N-dealkylation sites (N-methyl/N-ethyl adjacent to an activating group) is 1. The van der Waals surface area contributed by atoms with E-state index in [1.807, 2.05) is 0 Å². The summed E-state index contributed by atoms with van der Waals surface area (Å²) in [4.78, 5) is 4.88. The zero-order chi connectivity index (χ0) is 10.6. The van der Waals surface area contributed by atoms with Gasteiger partial charge in [-0.05, 0) is 33.9 Å². The maximum atomic E-state index is 8.46. The lowest BCUT2D eigenvalue weighted by Gasteiger charge is -2.45. The van der Waals surface area contributed by atoms with Crippen molar-refractivity contribution in [1.29, 1.82) is 5.26 Å². The van der Waals surface area contributed by atoms with E-state index in [4.69, 9.17) is 5.26 Å². The molecule has 0 saturated carbocycles. The van der Waals surface area contributed by atoms with Crippen LogP contribution in [-0.4, -0.2) is 48.6 Å². The molecule has 1 heterocycles. The molecule has 0 N–H and O–H groups in total. The maximum absolute atomic E-state index is 8.46. The van der Waals surface area contributed by atoms with Crippen molar-refractivity contribution in [2.75, 3.05) is 33.2 Å². The highest BCUT2D eigenvalue weighted by Crippen LogP contribution is 2.18. The summed E-state index contributed by atoms with van der Waals surface area (Å²) in [5.41, 5.74) is 0.283. The van der Waals surface area contributed by atoms with Gasteiger partial charge in [0, 0.05) is 31.6 Å². The van der Waals surface area contributed by atoms with Gasteiger partial charge in [-0.25, -0.2) is 0 Å². The Morgan fingerprint density at radius 1 is 1.36 bits per heavy atom. The lowest BCUT2D eigenvalue weighted by atomic mass is 9.99. The number of nitrogens with zero attached hydrogens (tertiary/aromatic N) is 3. The van der Waals surface area contributed by atoms with E-state index in [0.717, 1.165) is 32.6 Å². The van der Waals surface area contributed by atoms with E-state index in [9.17, 15) is 0 Å². The number of nitriles is 1. The number of hydrogen-bond acceptors (Lipinski definition) is 3. The Kier molecular flexibility index (Phi) is 3.91. The highest BCUT2D eigenvalue weighted by molar-refractivity contribution is 4.88.